The molecule has 0 spiro atoms. The molecule has 136 valence electrons. The molecule has 4 aromatic rings. The topological polar surface area (TPSA) is 65.6 Å². The summed E-state index contributed by atoms with van der Waals surface area (Å²) in [5.41, 5.74) is 5.97. The predicted molar refractivity (Wildman–Crippen MR) is 112 cm³/mol. The molecule has 27 heavy (non-hydrogen) atoms. The molecule has 0 amide bonds. The average molecular weight is 357 g/mol. The van der Waals surface area contributed by atoms with Crippen LogP contribution in [0.25, 0.3) is 10.9 Å². The van der Waals surface area contributed by atoms with Crippen LogP contribution >= 0.6 is 0 Å². The first-order valence-electron chi connectivity index (χ1n) is 9.15. The number of nitrogens with one attached hydrogen (secondary N) is 3. The largest absolute Gasteiger partial charge is 0.361 e. The Kier molecular flexibility index (Phi) is 4.75. The molecule has 0 aliphatic rings. The van der Waals surface area contributed by atoms with E-state index in [1.807, 2.05) is 12.1 Å². The van der Waals surface area contributed by atoms with Crippen LogP contribution in [0.15, 0.2) is 60.9 Å². The molecule has 2 heterocycles. The van der Waals surface area contributed by atoms with Gasteiger partial charge in [0.15, 0.2) is 0 Å². The van der Waals surface area contributed by atoms with Crippen molar-refractivity contribution in [2.45, 2.75) is 20.3 Å². The number of nitrogens with zero attached hydrogens (tertiary/aromatic N) is 2. The lowest BCUT2D eigenvalue weighted by Gasteiger charge is -2.11. The van der Waals surface area contributed by atoms with Crippen molar-refractivity contribution < 1.29 is 0 Å². The van der Waals surface area contributed by atoms with E-state index in [0.29, 0.717) is 5.95 Å². The highest BCUT2D eigenvalue weighted by Gasteiger charge is 2.05. The number of para-hydroxylation sites is 1. The molecule has 0 atom stereocenters. The maximum atomic E-state index is 4.57. The Balaban J connectivity index is 1.40. The number of fused-ring (bicyclic) bond motifs is 1. The predicted octanol–water partition coefficient (Wildman–Crippen LogP) is 4.97. The molecule has 0 aliphatic carbocycles. The Bertz CT molecular complexity index is 1070. The number of rotatable bonds is 6. The first-order chi connectivity index (χ1) is 13.2. The molecule has 0 radical (unpaired) electrons. The number of hydrogen-bond acceptors (Lipinski definition) is 4. The summed E-state index contributed by atoms with van der Waals surface area (Å²) in [6.45, 7) is 4.96. The van der Waals surface area contributed by atoms with Crippen LogP contribution in [0.3, 0.4) is 0 Å². The van der Waals surface area contributed by atoms with Crippen molar-refractivity contribution in [2.24, 2.45) is 0 Å². The van der Waals surface area contributed by atoms with Crippen molar-refractivity contribution in [1.29, 1.82) is 0 Å². The molecular formula is C22H23N5. The molecular weight excluding hydrogens is 334 g/mol. The van der Waals surface area contributed by atoms with Crippen LogP contribution in [-0.2, 0) is 6.42 Å². The molecule has 0 aliphatic heterocycles. The van der Waals surface area contributed by atoms with E-state index in [0.717, 1.165) is 24.5 Å². The van der Waals surface area contributed by atoms with Gasteiger partial charge in [-0.1, -0.05) is 35.9 Å². The first kappa shape index (κ1) is 17.1. The zero-order chi connectivity index (χ0) is 18.6. The van der Waals surface area contributed by atoms with Gasteiger partial charge in [0.1, 0.15) is 5.82 Å². The second kappa shape index (κ2) is 7.50. The van der Waals surface area contributed by atoms with Crippen LogP contribution < -0.4 is 10.6 Å². The van der Waals surface area contributed by atoms with Crippen LogP contribution in [0.1, 0.15) is 16.7 Å². The molecule has 5 heteroatoms. The number of aryl methyl sites for hydroxylation is 2. The van der Waals surface area contributed by atoms with E-state index in [-0.39, 0.29) is 0 Å². The van der Waals surface area contributed by atoms with E-state index >= 15 is 0 Å². The lowest BCUT2D eigenvalue weighted by Crippen LogP contribution is -2.08. The van der Waals surface area contributed by atoms with Gasteiger partial charge in [-0.15, -0.1) is 0 Å². The summed E-state index contributed by atoms with van der Waals surface area (Å²) in [6.07, 6.45) is 4.75. The van der Waals surface area contributed by atoms with Gasteiger partial charge in [0, 0.05) is 35.5 Å². The summed E-state index contributed by atoms with van der Waals surface area (Å²) in [4.78, 5) is 12.2. The van der Waals surface area contributed by atoms with Crippen molar-refractivity contribution >= 4 is 28.4 Å². The highest BCUT2D eigenvalue weighted by atomic mass is 15.1. The summed E-state index contributed by atoms with van der Waals surface area (Å²) in [5.74, 6) is 1.41. The van der Waals surface area contributed by atoms with Gasteiger partial charge in [0.05, 0.1) is 0 Å². The molecule has 2 aromatic heterocycles. The number of hydrogen-bond donors (Lipinski definition) is 3. The standard InChI is InChI=1S/C22H23N5/c1-15-7-8-19(16(2)13-15)26-21-10-12-24-22(27-21)23-11-9-17-14-25-20-6-4-3-5-18(17)20/h3-8,10,12-14,25H,9,11H2,1-2H3,(H2,23,24,26,27). The maximum absolute atomic E-state index is 4.57. The Morgan fingerprint density at radius 2 is 1.93 bits per heavy atom. The highest BCUT2D eigenvalue weighted by Crippen LogP contribution is 2.21. The average Bonchev–Trinajstić information content (AvgIpc) is 3.08. The molecule has 0 saturated carbocycles. The van der Waals surface area contributed by atoms with E-state index in [2.05, 4.69) is 82.0 Å². The van der Waals surface area contributed by atoms with E-state index in [9.17, 15) is 0 Å². The summed E-state index contributed by atoms with van der Waals surface area (Å²) in [6, 6.07) is 16.6. The normalized spacial score (nSPS) is 10.9. The van der Waals surface area contributed by atoms with Crippen LogP contribution in [0.5, 0.6) is 0 Å². The number of aromatic nitrogens is 3. The second-order valence-electron chi connectivity index (χ2n) is 6.75. The summed E-state index contributed by atoms with van der Waals surface area (Å²) in [7, 11) is 0. The van der Waals surface area contributed by atoms with Crippen molar-refractivity contribution in [1.82, 2.24) is 15.0 Å². The fraction of sp³-hybridized carbons (Fsp3) is 0.182. The first-order valence-corrected chi connectivity index (χ1v) is 9.15. The van der Waals surface area contributed by atoms with Gasteiger partial charge in [-0.25, -0.2) is 4.98 Å². The third-order valence-electron chi connectivity index (χ3n) is 4.65. The molecule has 3 N–H and O–H groups in total. The fourth-order valence-corrected chi connectivity index (χ4v) is 3.25. The van der Waals surface area contributed by atoms with Crippen LogP contribution in [-0.4, -0.2) is 21.5 Å². The summed E-state index contributed by atoms with van der Waals surface area (Å²) >= 11 is 0. The van der Waals surface area contributed by atoms with Gasteiger partial charge >= 0.3 is 0 Å². The minimum atomic E-state index is 0.629. The zero-order valence-electron chi connectivity index (χ0n) is 15.6. The van der Waals surface area contributed by atoms with E-state index in [4.69, 9.17) is 0 Å². The van der Waals surface area contributed by atoms with Gasteiger partial charge in [0.25, 0.3) is 0 Å². The Hall–Kier alpha value is -3.34. The van der Waals surface area contributed by atoms with Gasteiger partial charge in [-0.2, -0.15) is 4.98 Å². The number of aromatic amines is 1. The van der Waals surface area contributed by atoms with E-state index in [1.165, 1.54) is 27.6 Å². The van der Waals surface area contributed by atoms with E-state index < -0.39 is 0 Å². The summed E-state index contributed by atoms with van der Waals surface area (Å²) in [5, 5.41) is 7.96. The molecule has 0 fully saturated rings. The van der Waals surface area contributed by atoms with Crippen LogP contribution in [0.2, 0.25) is 0 Å². The fourth-order valence-electron chi connectivity index (χ4n) is 3.25. The van der Waals surface area contributed by atoms with Crippen molar-refractivity contribution in [3.63, 3.8) is 0 Å². The highest BCUT2D eigenvalue weighted by molar-refractivity contribution is 5.83. The van der Waals surface area contributed by atoms with Crippen molar-refractivity contribution in [3.05, 3.63) is 77.6 Å². The van der Waals surface area contributed by atoms with Gasteiger partial charge < -0.3 is 15.6 Å². The zero-order valence-corrected chi connectivity index (χ0v) is 15.6. The lowest BCUT2D eigenvalue weighted by molar-refractivity contribution is 0.991. The smallest absolute Gasteiger partial charge is 0.224 e. The minimum absolute atomic E-state index is 0.629. The number of benzene rings is 2. The van der Waals surface area contributed by atoms with Crippen LogP contribution in [0, 0.1) is 13.8 Å². The molecule has 2 aromatic carbocycles. The molecule has 0 unspecified atom stereocenters. The van der Waals surface area contributed by atoms with Gasteiger partial charge in [-0.3, -0.25) is 0 Å². The van der Waals surface area contributed by atoms with Gasteiger partial charge in [0.2, 0.25) is 5.95 Å². The summed E-state index contributed by atoms with van der Waals surface area (Å²) < 4.78 is 0. The Labute approximate surface area is 158 Å². The minimum Gasteiger partial charge on any atom is -0.361 e. The quantitative estimate of drug-likeness (QED) is 0.456. The van der Waals surface area contributed by atoms with E-state index in [1.54, 1.807) is 6.20 Å². The third-order valence-corrected chi connectivity index (χ3v) is 4.65. The second-order valence-corrected chi connectivity index (χ2v) is 6.75. The Morgan fingerprint density at radius 1 is 1.04 bits per heavy atom. The number of anilines is 3. The maximum Gasteiger partial charge on any atom is 0.224 e. The number of H-pyrrole nitrogens is 1. The third kappa shape index (κ3) is 3.92. The molecule has 0 bridgehead atoms. The SMILES string of the molecule is Cc1ccc(Nc2ccnc(NCCc3c[nH]c4ccccc34)n2)c(C)c1. The molecule has 4 rings (SSSR count). The van der Waals surface area contributed by atoms with Crippen LogP contribution in [0.4, 0.5) is 17.5 Å². The lowest BCUT2D eigenvalue weighted by atomic mass is 10.1. The van der Waals surface area contributed by atoms with Gasteiger partial charge in [-0.05, 0) is 49.6 Å². The molecule has 5 nitrogen and oxygen atoms in total. The Morgan fingerprint density at radius 3 is 2.81 bits per heavy atom. The molecule has 0 saturated heterocycles. The van der Waals surface area contributed by atoms with Crippen molar-refractivity contribution in [2.75, 3.05) is 17.2 Å². The van der Waals surface area contributed by atoms with Crippen molar-refractivity contribution in [3.8, 4) is 0 Å². The monoisotopic (exact) mass is 357 g/mol.